The number of rotatable bonds is 8. The highest BCUT2D eigenvalue weighted by Crippen LogP contribution is 2.27. The van der Waals surface area contributed by atoms with Crippen LogP contribution in [0, 0.1) is 0 Å². The summed E-state index contributed by atoms with van der Waals surface area (Å²) in [6.45, 7) is 4.10. The molecular formula is C14H23N3O4S. The van der Waals surface area contributed by atoms with Crippen molar-refractivity contribution in [2.75, 3.05) is 38.7 Å². The van der Waals surface area contributed by atoms with Gasteiger partial charge in [-0.3, -0.25) is 4.79 Å². The van der Waals surface area contributed by atoms with E-state index in [2.05, 4.69) is 4.72 Å². The van der Waals surface area contributed by atoms with Gasteiger partial charge in [0.05, 0.1) is 12.3 Å². The topological polar surface area (TPSA) is 79.0 Å². The van der Waals surface area contributed by atoms with E-state index in [4.69, 9.17) is 4.74 Å². The van der Waals surface area contributed by atoms with E-state index in [1.807, 2.05) is 13.0 Å². The molecule has 0 saturated heterocycles. The van der Waals surface area contributed by atoms with Crippen LogP contribution in [0.5, 0.6) is 5.75 Å². The van der Waals surface area contributed by atoms with Crippen LogP contribution in [0.2, 0.25) is 0 Å². The maximum Gasteiger partial charge on any atom is 0.278 e. The number of hydrogen-bond donors (Lipinski definition) is 1. The molecule has 1 rings (SSSR count). The second-order valence-electron chi connectivity index (χ2n) is 4.75. The van der Waals surface area contributed by atoms with Gasteiger partial charge in [0.25, 0.3) is 10.2 Å². The molecule has 0 atom stereocenters. The van der Waals surface area contributed by atoms with Crippen LogP contribution in [-0.2, 0) is 15.0 Å². The zero-order valence-electron chi connectivity index (χ0n) is 13.4. The third-order valence-corrected chi connectivity index (χ3v) is 4.47. The van der Waals surface area contributed by atoms with Gasteiger partial charge in [-0.1, -0.05) is 12.1 Å². The molecule has 0 spiro atoms. The van der Waals surface area contributed by atoms with E-state index < -0.39 is 10.2 Å². The van der Waals surface area contributed by atoms with Crippen LogP contribution in [0.1, 0.15) is 13.8 Å². The van der Waals surface area contributed by atoms with Gasteiger partial charge in [0.1, 0.15) is 5.75 Å². The lowest BCUT2D eigenvalue weighted by molar-refractivity contribution is -0.116. The first kappa shape index (κ1) is 18.4. The van der Waals surface area contributed by atoms with Crippen molar-refractivity contribution in [2.45, 2.75) is 13.8 Å². The first-order valence-electron chi connectivity index (χ1n) is 6.96. The highest BCUT2D eigenvalue weighted by atomic mass is 32.2. The second kappa shape index (κ2) is 8.11. The van der Waals surface area contributed by atoms with Crippen LogP contribution in [0.3, 0.4) is 0 Å². The van der Waals surface area contributed by atoms with E-state index in [9.17, 15) is 13.2 Å². The van der Waals surface area contributed by atoms with E-state index >= 15 is 0 Å². The summed E-state index contributed by atoms with van der Waals surface area (Å²) in [5.41, 5.74) is 0.626. The second-order valence-corrected chi connectivity index (χ2v) is 6.72. The van der Waals surface area contributed by atoms with Gasteiger partial charge >= 0.3 is 0 Å². The molecule has 0 heterocycles. The molecule has 22 heavy (non-hydrogen) atoms. The molecule has 0 fully saturated rings. The number of para-hydroxylation sites is 2. The van der Waals surface area contributed by atoms with Crippen LogP contribution in [0.15, 0.2) is 24.3 Å². The van der Waals surface area contributed by atoms with Gasteiger partial charge in [0.2, 0.25) is 5.91 Å². The zero-order valence-corrected chi connectivity index (χ0v) is 14.2. The summed E-state index contributed by atoms with van der Waals surface area (Å²) in [5.74, 6) is 0.409. The Kier molecular flexibility index (Phi) is 6.79. The van der Waals surface area contributed by atoms with Crippen molar-refractivity contribution < 1.29 is 17.9 Å². The number of amides is 1. The fraction of sp³-hybridized carbons (Fsp3) is 0.500. The maximum absolute atomic E-state index is 11.9. The van der Waals surface area contributed by atoms with Gasteiger partial charge in [-0.15, -0.1) is 0 Å². The minimum Gasteiger partial charge on any atom is -0.492 e. The highest BCUT2D eigenvalue weighted by molar-refractivity contribution is 7.87. The molecular weight excluding hydrogens is 306 g/mol. The average Bonchev–Trinajstić information content (AvgIpc) is 2.44. The number of carbonyl (C=O) groups excluding carboxylic acids is 1. The van der Waals surface area contributed by atoms with Crippen molar-refractivity contribution in [1.82, 2.24) is 9.03 Å². The Morgan fingerprint density at radius 1 is 1.27 bits per heavy atom. The number of ether oxygens (including phenoxy) is 1. The third-order valence-electron chi connectivity index (χ3n) is 2.94. The molecule has 0 aromatic heterocycles. The predicted octanol–water partition coefficient (Wildman–Crippen LogP) is 0.834. The molecule has 124 valence electrons. The summed E-state index contributed by atoms with van der Waals surface area (Å²) in [6.07, 6.45) is 0. The lowest BCUT2D eigenvalue weighted by Gasteiger charge is -2.24. The summed E-state index contributed by atoms with van der Waals surface area (Å²) in [5, 5.41) is 0. The van der Waals surface area contributed by atoms with E-state index in [1.165, 1.54) is 25.9 Å². The fourth-order valence-corrected chi connectivity index (χ4v) is 2.43. The molecule has 0 radical (unpaired) electrons. The summed E-state index contributed by atoms with van der Waals surface area (Å²) in [6, 6.07) is 7.17. The van der Waals surface area contributed by atoms with E-state index in [0.29, 0.717) is 18.0 Å². The Bertz CT molecular complexity index is 602. The van der Waals surface area contributed by atoms with Crippen molar-refractivity contribution in [3.63, 3.8) is 0 Å². The van der Waals surface area contributed by atoms with Crippen LogP contribution >= 0.6 is 0 Å². The van der Waals surface area contributed by atoms with E-state index in [-0.39, 0.29) is 19.0 Å². The zero-order chi connectivity index (χ0) is 16.8. The number of benzene rings is 1. The Hall–Kier alpha value is -1.64. The standard InChI is InChI=1S/C14H23N3O4S/c1-5-21-14-9-7-6-8-13(14)17(12(2)18)11-10-15-22(19,20)16(3)4/h6-9,15H,5,10-11H2,1-4H3. The number of anilines is 1. The predicted molar refractivity (Wildman–Crippen MR) is 86.2 cm³/mol. The summed E-state index contributed by atoms with van der Waals surface area (Å²) in [4.78, 5) is 13.4. The molecule has 0 aliphatic rings. The van der Waals surface area contributed by atoms with Crippen LogP contribution < -0.4 is 14.4 Å². The van der Waals surface area contributed by atoms with Crippen molar-refractivity contribution in [3.05, 3.63) is 24.3 Å². The number of carbonyl (C=O) groups is 1. The van der Waals surface area contributed by atoms with Crippen LogP contribution in [-0.4, -0.2) is 52.4 Å². The number of nitrogens with one attached hydrogen (secondary N) is 1. The molecule has 1 N–H and O–H groups in total. The van der Waals surface area contributed by atoms with Crippen molar-refractivity contribution in [3.8, 4) is 5.75 Å². The van der Waals surface area contributed by atoms with Crippen LogP contribution in [0.25, 0.3) is 0 Å². The largest absolute Gasteiger partial charge is 0.492 e. The first-order chi connectivity index (χ1) is 10.3. The quantitative estimate of drug-likeness (QED) is 0.766. The third kappa shape index (κ3) is 4.97. The van der Waals surface area contributed by atoms with E-state index in [0.717, 1.165) is 4.31 Å². The number of nitrogens with zero attached hydrogens (tertiary/aromatic N) is 2. The molecule has 0 aliphatic heterocycles. The first-order valence-corrected chi connectivity index (χ1v) is 8.40. The Labute approximate surface area is 132 Å². The van der Waals surface area contributed by atoms with Gasteiger partial charge in [-0.05, 0) is 19.1 Å². The molecule has 0 aliphatic carbocycles. The minimum atomic E-state index is -3.51. The highest BCUT2D eigenvalue weighted by Gasteiger charge is 2.18. The Morgan fingerprint density at radius 3 is 2.45 bits per heavy atom. The average molecular weight is 329 g/mol. The molecule has 8 heteroatoms. The van der Waals surface area contributed by atoms with Gasteiger partial charge < -0.3 is 9.64 Å². The maximum atomic E-state index is 11.9. The minimum absolute atomic E-state index is 0.112. The van der Waals surface area contributed by atoms with Gasteiger partial charge in [0, 0.05) is 34.1 Å². The monoisotopic (exact) mass is 329 g/mol. The lowest BCUT2D eigenvalue weighted by Crippen LogP contribution is -2.41. The SMILES string of the molecule is CCOc1ccccc1N(CCNS(=O)(=O)N(C)C)C(C)=O. The molecule has 0 unspecified atom stereocenters. The smallest absolute Gasteiger partial charge is 0.278 e. The molecule has 7 nitrogen and oxygen atoms in total. The fourth-order valence-electron chi connectivity index (χ4n) is 1.82. The summed E-state index contributed by atoms with van der Waals surface area (Å²) in [7, 11) is -0.628. The van der Waals surface area contributed by atoms with Crippen LogP contribution in [0.4, 0.5) is 5.69 Å². The Morgan fingerprint density at radius 2 is 1.91 bits per heavy atom. The van der Waals surface area contributed by atoms with Crippen molar-refractivity contribution in [1.29, 1.82) is 0 Å². The molecule has 1 aromatic rings. The summed E-state index contributed by atoms with van der Waals surface area (Å²) >= 11 is 0. The normalized spacial score (nSPS) is 11.5. The molecule has 1 amide bonds. The number of hydrogen-bond acceptors (Lipinski definition) is 4. The van der Waals surface area contributed by atoms with Crippen molar-refractivity contribution >= 4 is 21.8 Å². The van der Waals surface area contributed by atoms with Gasteiger partial charge in [0.15, 0.2) is 0 Å². The van der Waals surface area contributed by atoms with Crippen molar-refractivity contribution in [2.24, 2.45) is 0 Å². The molecule has 0 bridgehead atoms. The van der Waals surface area contributed by atoms with Gasteiger partial charge in [-0.25, -0.2) is 4.72 Å². The van der Waals surface area contributed by atoms with E-state index in [1.54, 1.807) is 18.2 Å². The van der Waals surface area contributed by atoms with Gasteiger partial charge in [-0.2, -0.15) is 12.7 Å². The summed E-state index contributed by atoms with van der Waals surface area (Å²) < 4.78 is 32.4. The molecule has 0 saturated carbocycles. The lowest BCUT2D eigenvalue weighted by atomic mass is 10.2. The molecule has 1 aromatic carbocycles. The Balaban J connectivity index is 2.86.